The highest BCUT2D eigenvalue weighted by Crippen LogP contribution is 2.36. The van der Waals surface area contributed by atoms with Gasteiger partial charge in [-0.05, 0) is 30.7 Å². The molecule has 0 aromatic heterocycles. The lowest BCUT2D eigenvalue weighted by Gasteiger charge is -2.14. The minimum Gasteiger partial charge on any atom is -0.460 e. The Morgan fingerprint density at radius 2 is 1.52 bits per heavy atom. The smallest absolute Gasteiger partial charge is 0.416 e. The van der Waals surface area contributed by atoms with E-state index in [2.05, 4.69) is 17.4 Å². The van der Waals surface area contributed by atoms with Gasteiger partial charge in [0.2, 0.25) is 0 Å². The van der Waals surface area contributed by atoms with E-state index in [1.165, 1.54) is 6.92 Å². The van der Waals surface area contributed by atoms with E-state index in [-0.39, 0.29) is 6.07 Å². The first-order valence-corrected chi connectivity index (χ1v) is 6.06. The normalized spacial score (nSPS) is 13.9. The minimum atomic E-state index is -4.93. The largest absolute Gasteiger partial charge is 0.460 e. The molecule has 21 heavy (non-hydrogen) atoms. The summed E-state index contributed by atoms with van der Waals surface area (Å²) in [4.78, 5) is 11.1. The predicted molar refractivity (Wildman–Crippen MR) is 64.7 cm³/mol. The molecule has 0 bridgehead atoms. The molecule has 118 valence electrons. The van der Waals surface area contributed by atoms with Gasteiger partial charge >= 0.3 is 18.3 Å². The van der Waals surface area contributed by atoms with Gasteiger partial charge in [0.25, 0.3) is 0 Å². The lowest BCUT2D eigenvalue weighted by Crippen LogP contribution is -2.16. The molecule has 1 aromatic rings. The summed E-state index contributed by atoms with van der Waals surface area (Å²) in [6.45, 7) is 0.662. The van der Waals surface area contributed by atoms with Crippen molar-refractivity contribution in [3.63, 3.8) is 0 Å². The molecule has 1 aromatic carbocycles. The molecule has 2 nitrogen and oxygen atoms in total. The highest BCUT2D eigenvalue weighted by molar-refractivity contribution is 7.81. The van der Waals surface area contributed by atoms with E-state index >= 15 is 0 Å². The van der Waals surface area contributed by atoms with Crippen LogP contribution in [0.15, 0.2) is 18.2 Å². The number of benzene rings is 1. The van der Waals surface area contributed by atoms with Crippen molar-refractivity contribution in [1.82, 2.24) is 0 Å². The average molecular weight is 332 g/mol. The van der Waals surface area contributed by atoms with Gasteiger partial charge < -0.3 is 4.74 Å². The van der Waals surface area contributed by atoms with E-state index in [1.54, 1.807) is 0 Å². The third-order valence-corrected chi connectivity index (χ3v) is 2.58. The molecule has 0 aliphatic carbocycles. The van der Waals surface area contributed by atoms with Crippen LogP contribution in [0.1, 0.15) is 23.6 Å². The van der Waals surface area contributed by atoms with Gasteiger partial charge in [-0.2, -0.15) is 39.0 Å². The fourth-order valence-electron chi connectivity index (χ4n) is 1.38. The maximum absolute atomic E-state index is 12.6. The quantitative estimate of drug-likeness (QED) is 0.513. The Bertz CT molecular complexity index is 489. The minimum absolute atomic E-state index is 0.00651. The molecule has 0 aliphatic heterocycles. The standard InChI is InChI=1S/C12H10F6O2S/c1-6(21)10(19)20-5-7-2-8(11(13,14)15)4-9(3-7)12(16,17)18/h2-4,6,21H,5H2,1H3. The van der Waals surface area contributed by atoms with Gasteiger partial charge in [0, 0.05) is 0 Å². The number of ether oxygens (including phenoxy) is 1. The number of carbonyl (C=O) groups excluding carboxylic acids is 1. The van der Waals surface area contributed by atoms with Crippen LogP contribution in [-0.2, 0) is 28.5 Å². The second-order valence-electron chi connectivity index (χ2n) is 4.20. The summed E-state index contributed by atoms with van der Waals surface area (Å²) >= 11 is 3.74. The second-order valence-corrected chi connectivity index (χ2v) is 4.97. The lowest BCUT2D eigenvalue weighted by molar-refractivity contribution is -0.144. The monoisotopic (exact) mass is 332 g/mol. The Hall–Kier alpha value is -1.38. The summed E-state index contributed by atoms with van der Waals surface area (Å²) in [5, 5.41) is -0.835. The van der Waals surface area contributed by atoms with Crippen LogP contribution in [0, 0.1) is 0 Å². The molecule has 0 saturated carbocycles. The van der Waals surface area contributed by atoms with Gasteiger partial charge in [-0.15, -0.1) is 0 Å². The molecular weight excluding hydrogens is 322 g/mol. The van der Waals surface area contributed by atoms with Crippen LogP contribution in [0.25, 0.3) is 0 Å². The van der Waals surface area contributed by atoms with Gasteiger partial charge in [-0.1, -0.05) is 0 Å². The summed E-state index contributed by atoms with van der Waals surface area (Å²) in [6.07, 6.45) is -9.87. The zero-order valence-corrected chi connectivity index (χ0v) is 11.4. The van der Waals surface area contributed by atoms with Crippen LogP contribution in [0.3, 0.4) is 0 Å². The highest BCUT2D eigenvalue weighted by Gasteiger charge is 2.36. The third kappa shape index (κ3) is 5.14. The van der Waals surface area contributed by atoms with Crippen LogP contribution in [0.4, 0.5) is 26.3 Å². The third-order valence-electron chi connectivity index (χ3n) is 2.37. The molecule has 0 amide bonds. The Morgan fingerprint density at radius 1 is 1.10 bits per heavy atom. The SMILES string of the molecule is CC(S)C(=O)OCc1cc(C(F)(F)F)cc(C(F)(F)F)c1. The van der Waals surface area contributed by atoms with Crippen molar-refractivity contribution in [2.75, 3.05) is 0 Å². The van der Waals surface area contributed by atoms with Crippen molar-refractivity contribution < 1.29 is 35.9 Å². The summed E-state index contributed by atoms with van der Waals surface area (Å²) in [5.41, 5.74) is -3.32. The van der Waals surface area contributed by atoms with E-state index < -0.39 is 46.9 Å². The molecule has 1 unspecified atom stereocenters. The van der Waals surface area contributed by atoms with E-state index in [0.717, 1.165) is 0 Å². The summed E-state index contributed by atoms with van der Waals surface area (Å²) in [5.74, 6) is -0.843. The molecule has 0 heterocycles. The van der Waals surface area contributed by atoms with Gasteiger partial charge in [-0.25, -0.2) is 0 Å². The fourth-order valence-corrected chi connectivity index (χ4v) is 1.45. The molecule has 9 heteroatoms. The maximum atomic E-state index is 12.6. The lowest BCUT2D eigenvalue weighted by atomic mass is 10.1. The first kappa shape index (κ1) is 17.7. The van der Waals surface area contributed by atoms with Crippen LogP contribution in [0.5, 0.6) is 0 Å². The van der Waals surface area contributed by atoms with Crippen LogP contribution < -0.4 is 0 Å². The van der Waals surface area contributed by atoms with E-state index in [4.69, 9.17) is 0 Å². The number of halogens is 6. The molecule has 0 N–H and O–H groups in total. The number of hydrogen-bond acceptors (Lipinski definition) is 3. The van der Waals surface area contributed by atoms with Crippen molar-refractivity contribution in [2.24, 2.45) is 0 Å². The number of alkyl halides is 6. The Morgan fingerprint density at radius 3 is 1.86 bits per heavy atom. The molecular formula is C12H10F6O2S. The number of rotatable bonds is 3. The Labute approximate surface area is 121 Å². The molecule has 0 saturated heterocycles. The van der Waals surface area contributed by atoms with Crippen LogP contribution in [0.2, 0.25) is 0 Å². The van der Waals surface area contributed by atoms with Gasteiger partial charge in [0.05, 0.1) is 16.4 Å². The zero-order valence-electron chi connectivity index (χ0n) is 10.5. The number of esters is 1. The van der Waals surface area contributed by atoms with Crippen molar-refractivity contribution in [1.29, 1.82) is 0 Å². The maximum Gasteiger partial charge on any atom is 0.416 e. The van der Waals surface area contributed by atoms with Crippen molar-refractivity contribution in [2.45, 2.75) is 31.1 Å². The first-order valence-electron chi connectivity index (χ1n) is 5.54. The van der Waals surface area contributed by atoms with Crippen LogP contribution in [-0.4, -0.2) is 11.2 Å². The zero-order chi connectivity index (χ0) is 16.4. The van der Waals surface area contributed by atoms with Gasteiger partial charge in [-0.3, -0.25) is 4.79 Å². The fraction of sp³-hybridized carbons (Fsp3) is 0.417. The summed E-state index contributed by atoms with van der Waals surface area (Å²) in [7, 11) is 0. The summed E-state index contributed by atoms with van der Waals surface area (Å²) in [6, 6.07) is 1.02. The number of carbonyl (C=O) groups is 1. The molecule has 1 atom stereocenters. The van der Waals surface area contributed by atoms with Gasteiger partial charge in [0.1, 0.15) is 6.61 Å². The van der Waals surface area contributed by atoms with E-state index in [9.17, 15) is 31.1 Å². The van der Waals surface area contributed by atoms with Crippen molar-refractivity contribution >= 4 is 18.6 Å². The Balaban J connectivity index is 3.11. The number of thiol groups is 1. The van der Waals surface area contributed by atoms with E-state index in [0.29, 0.717) is 12.1 Å². The second kappa shape index (κ2) is 6.17. The van der Waals surface area contributed by atoms with Gasteiger partial charge in [0.15, 0.2) is 0 Å². The Kier molecular flexibility index (Phi) is 5.19. The van der Waals surface area contributed by atoms with Crippen LogP contribution >= 0.6 is 12.6 Å². The molecule has 0 radical (unpaired) electrons. The predicted octanol–water partition coefficient (Wildman–Crippen LogP) is 4.09. The topological polar surface area (TPSA) is 26.3 Å². The molecule has 0 spiro atoms. The van der Waals surface area contributed by atoms with Crippen molar-refractivity contribution in [3.05, 3.63) is 34.9 Å². The highest BCUT2D eigenvalue weighted by atomic mass is 32.1. The molecule has 1 rings (SSSR count). The van der Waals surface area contributed by atoms with Crippen molar-refractivity contribution in [3.8, 4) is 0 Å². The molecule has 0 fully saturated rings. The average Bonchev–Trinajstić information content (AvgIpc) is 2.33. The number of hydrogen-bond donors (Lipinski definition) is 1. The molecule has 0 aliphatic rings. The first-order chi connectivity index (χ1) is 9.41. The van der Waals surface area contributed by atoms with E-state index in [1.807, 2.05) is 0 Å². The summed E-state index contributed by atoms with van der Waals surface area (Å²) < 4.78 is 80.0.